The molecule has 0 bridgehead atoms. The van der Waals surface area contributed by atoms with Gasteiger partial charge in [-0.05, 0) is 56.9 Å². The molecule has 1 aromatic rings. The summed E-state index contributed by atoms with van der Waals surface area (Å²) in [7, 11) is 0. The van der Waals surface area contributed by atoms with Crippen molar-refractivity contribution in [1.29, 1.82) is 0 Å². The lowest BCUT2D eigenvalue weighted by atomic mass is 9.77. The van der Waals surface area contributed by atoms with Crippen LogP contribution < -0.4 is 0 Å². The highest BCUT2D eigenvalue weighted by Gasteiger charge is 2.27. The molecule has 0 spiro atoms. The molecule has 21 heavy (non-hydrogen) atoms. The lowest BCUT2D eigenvalue weighted by Gasteiger charge is -2.32. The zero-order chi connectivity index (χ0) is 15.4. The van der Waals surface area contributed by atoms with Gasteiger partial charge in [-0.2, -0.15) is 0 Å². The van der Waals surface area contributed by atoms with Crippen molar-refractivity contribution in [3.8, 4) is 0 Å². The van der Waals surface area contributed by atoms with Crippen LogP contribution in [0.3, 0.4) is 0 Å². The van der Waals surface area contributed by atoms with Crippen LogP contribution in [0.15, 0.2) is 24.3 Å². The molecule has 1 unspecified atom stereocenters. The number of ketones is 1. The van der Waals surface area contributed by atoms with Crippen molar-refractivity contribution in [3.05, 3.63) is 35.4 Å². The average Bonchev–Trinajstić information content (AvgIpc) is 2.47. The highest BCUT2D eigenvalue weighted by molar-refractivity contribution is 5.94. The summed E-state index contributed by atoms with van der Waals surface area (Å²) < 4.78 is 5.30. The average molecular weight is 288 g/mol. The quantitative estimate of drug-likeness (QED) is 0.618. The van der Waals surface area contributed by atoms with E-state index in [9.17, 15) is 9.59 Å². The first-order valence-corrected chi connectivity index (χ1v) is 7.75. The predicted octanol–water partition coefficient (Wildman–Crippen LogP) is 4.11. The van der Waals surface area contributed by atoms with Crippen molar-refractivity contribution in [1.82, 2.24) is 0 Å². The maximum atomic E-state index is 11.3. The zero-order valence-corrected chi connectivity index (χ0v) is 13.1. The molecule has 1 fully saturated rings. The fourth-order valence-electron chi connectivity index (χ4n) is 3.27. The Kier molecular flexibility index (Phi) is 5.16. The summed E-state index contributed by atoms with van der Waals surface area (Å²) in [6.45, 7) is 5.06. The first-order chi connectivity index (χ1) is 9.97. The molecule has 0 saturated heterocycles. The molecule has 0 radical (unpaired) electrons. The van der Waals surface area contributed by atoms with Crippen molar-refractivity contribution in [2.24, 2.45) is 5.92 Å². The lowest BCUT2D eigenvalue weighted by molar-refractivity contribution is -0.148. The summed E-state index contributed by atoms with van der Waals surface area (Å²) in [5, 5.41) is 0. The molecule has 3 heteroatoms. The van der Waals surface area contributed by atoms with E-state index in [1.807, 2.05) is 19.1 Å². The Morgan fingerprint density at radius 2 is 1.62 bits per heavy atom. The number of ether oxygens (including phenoxy) is 1. The molecule has 1 aliphatic rings. The van der Waals surface area contributed by atoms with Gasteiger partial charge in [-0.25, -0.2) is 0 Å². The second-order valence-corrected chi connectivity index (χ2v) is 6.10. The number of rotatable bonds is 4. The van der Waals surface area contributed by atoms with Gasteiger partial charge in [0.25, 0.3) is 0 Å². The molecule has 0 N–H and O–H groups in total. The summed E-state index contributed by atoms with van der Waals surface area (Å²) in [6, 6.07) is 8.00. The molecule has 1 aromatic carbocycles. The second kappa shape index (κ2) is 6.88. The minimum absolute atomic E-state index is 0.0172. The standard InChI is InChI=1S/C18H24O3/c1-12(19)15-4-8-17(9-5-15)18-10-6-16(7-11-18)13(2)21-14(3)20/h4-5,8-9,13,16,18H,6-7,10-11H2,1-3H3. The Bertz CT molecular complexity index is 496. The monoisotopic (exact) mass is 288 g/mol. The lowest BCUT2D eigenvalue weighted by Crippen LogP contribution is -2.26. The number of hydrogen-bond acceptors (Lipinski definition) is 3. The van der Waals surface area contributed by atoms with Crippen LogP contribution in [0.2, 0.25) is 0 Å². The summed E-state index contributed by atoms with van der Waals surface area (Å²) in [4.78, 5) is 22.3. The van der Waals surface area contributed by atoms with Crippen LogP contribution >= 0.6 is 0 Å². The molecule has 0 amide bonds. The molecular formula is C18H24O3. The molecule has 0 heterocycles. The number of hydrogen-bond donors (Lipinski definition) is 0. The van der Waals surface area contributed by atoms with Crippen LogP contribution in [0.1, 0.15) is 68.3 Å². The van der Waals surface area contributed by atoms with Crippen molar-refractivity contribution in [2.75, 3.05) is 0 Å². The third-order valence-corrected chi connectivity index (χ3v) is 4.58. The smallest absolute Gasteiger partial charge is 0.302 e. The van der Waals surface area contributed by atoms with Crippen LogP contribution in [0, 0.1) is 5.92 Å². The van der Waals surface area contributed by atoms with E-state index in [0.717, 1.165) is 31.2 Å². The van der Waals surface area contributed by atoms with E-state index in [0.29, 0.717) is 11.8 Å². The van der Waals surface area contributed by atoms with Crippen LogP contribution in [0.5, 0.6) is 0 Å². The molecule has 3 nitrogen and oxygen atoms in total. The number of carbonyl (C=O) groups excluding carboxylic acids is 2. The molecule has 1 saturated carbocycles. The number of esters is 1. The summed E-state index contributed by atoms with van der Waals surface area (Å²) in [5.74, 6) is 0.957. The summed E-state index contributed by atoms with van der Waals surface area (Å²) >= 11 is 0. The minimum Gasteiger partial charge on any atom is -0.463 e. The Hall–Kier alpha value is -1.64. The third kappa shape index (κ3) is 4.16. The Morgan fingerprint density at radius 1 is 1.05 bits per heavy atom. The van der Waals surface area contributed by atoms with Crippen LogP contribution in [0.25, 0.3) is 0 Å². The highest BCUT2D eigenvalue weighted by Crippen LogP contribution is 2.37. The van der Waals surface area contributed by atoms with Gasteiger partial charge in [0, 0.05) is 12.5 Å². The van der Waals surface area contributed by atoms with Crippen molar-refractivity contribution >= 4 is 11.8 Å². The van der Waals surface area contributed by atoms with E-state index in [2.05, 4.69) is 12.1 Å². The Labute approximate surface area is 126 Å². The SMILES string of the molecule is CC(=O)OC(C)C1CCC(c2ccc(C(C)=O)cc2)CC1. The van der Waals surface area contributed by atoms with E-state index in [1.54, 1.807) is 6.92 Å². The predicted molar refractivity (Wildman–Crippen MR) is 82.4 cm³/mol. The number of carbonyl (C=O) groups is 2. The zero-order valence-electron chi connectivity index (χ0n) is 13.1. The van der Waals surface area contributed by atoms with E-state index in [4.69, 9.17) is 4.74 Å². The molecule has 0 aromatic heterocycles. The first kappa shape index (κ1) is 15.7. The minimum atomic E-state index is -0.190. The van der Waals surface area contributed by atoms with Crippen LogP contribution in [-0.2, 0) is 9.53 Å². The van der Waals surface area contributed by atoms with E-state index in [1.165, 1.54) is 12.5 Å². The van der Waals surface area contributed by atoms with Crippen molar-refractivity contribution in [2.45, 2.75) is 58.5 Å². The Balaban J connectivity index is 1.91. The fraction of sp³-hybridized carbons (Fsp3) is 0.556. The molecule has 1 atom stereocenters. The van der Waals surface area contributed by atoms with Gasteiger partial charge in [-0.15, -0.1) is 0 Å². The molecule has 114 valence electrons. The van der Waals surface area contributed by atoms with Gasteiger partial charge in [-0.1, -0.05) is 24.3 Å². The molecule has 2 rings (SSSR count). The third-order valence-electron chi connectivity index (χ3n) is 4.58. The molecular weight excluding hydrogens is 264 g/mol. The number of Topliss-reactive ketones (excluding diaryl/α,β-unsaturated/α-hetero) is 1. The molecule has 1 aliphatic carbocycles. The van der Waals surface area contributed by atoms with Crippen LogP contribution in [-0.4, -0.2) is 17.9 Å². The van der Waals surface area contributed by atoms with E-state index >= 15 is 0 Å². The topological polar surface area (TPSA) is 43.4 Å². The van der Waals surface area contributed by atoms with Gasteiger partial charge in [0.05, 0.1) is 0 Å². The van der Waals surface area contributed by atoms with Gasteiger partial charge in [0.2, 0.25) is 0 Å². The largest absolute Gasteiger partial charge is 0.463 e. The fourth-order valence-corrected chi connectivity index (χ4v) is 3.27. The summed E-state index contributed by atoms with van der Waals surface area (Å²) in [5.41, 5.74) is 2.09. The van der Waals surface area contributed by atoms with E-state index < -0.39 is 0 Å². The summed E-state index contributed by atoms with van der Waals surface area (Å²) in [6.07, 6.45) is 4.44. The first-order valence-electron chi connectivity index (χ1n) is 7.75. The highest BCUT2D eigenvalue weighted by atomic mass is 16.5. The Morgan fingerprint density at radius 3 is 2.10 bits per heavy atom. The van der Waals surface area contributed by atoms with Gasteiger partial charge in [-0.3, -0.25) is 9.59 Å². The maximum absolute atomic E-state index is 11.3. The van der Waals surface area contributed by atoms with Crippen molar-refractivity contribution < 1.29 is 14.3 Å². The van der Waals surface area contributed by atoms with Crippen LogP contribution in [0.4, 0.5) is 0 Å². The maximum Gasteiger partial charge on any atom is 0.302 e. The van der Waals surface area contributed by atoms with Crippen molar-refractivity contribution in [3.63, 3.8) is 0 Å². The van der Waals surface area contributed by atoms with Gasteiger partial charge in [0.1, 0.15) is 6.10 Å². The van der Waals surface area contributed by atoms with Gasteiger partial charge in [0.15, 0.2) is 5.78 Å². The molecule has 0 aliphatic heterocycles. The van der Waals surface area contributed by atoms with Gasteiger partial charge < -0.3 is 4.74 Å². The van der Waals surface area contributed by atoms with Gasteiger partial charge >= 0.3 is 5.97 Å². The second-order valence-electron chi connectivity index (χ2n) is 6.10. The number of benzene rings is 1. The normalized spacial score (nSPS) is 23.4. The van der Waals surface area contributed by atoms with E-state index in [-0.39, 0.29) is 17.9 Å².